The van der Waals surface area contributed by atoms with Crippen molar-refractivity contribution in [2.75, 3.05) is 32.5 Å². The molecule has 0 aliphatic heterocycles. The lowest BCUT2D eigenvalue weighted by Gasteiger charge is -2.12. The molecule has 35 heavy (non-hydrogen) atoms. The van der Waals surface area contributed by atoms with E-state index in [4.69, 9.17) is 9.97 Å². The van der Waals surface area contributed by atoms with E-state index in [9.17, 15) is 0 Å². The minimum Gasteiger partial charge on any atom is -0.369 e. The van der Waals surface area contributed by atoms with E-state index in [-0.39, 0.29) is 0 Å². The Kier molecular flexibility index (Phi) is 8.11. The van der Waals surface area contributed by atoms with E-state index < -0.39 is 0 Å². The summed E-state index contributed by atoms with van der Waals surface area (Å²) >= 11 is 0. The third-order valence-electron chi connectivity index (χ3n) is 6.04. The number of fused-ring (bicyclic) bond motifs is 2. The number of hydrogen-bond acceptors (Lipinski definition) is 4. The quantitative estimate of drug-likeness (QED) is 0.263. The van der Waals surface area contributed by atoms with Crippen LogP contribution in [0.2, 0.25) is 0 Å². The Morgan fingerprint density at radius 3 is 2.31 bits per heavy atom. The topological polar surface area (TPSA) is 56.8 Å². The Morgan fingerprint density at radius 1 is 0.857 bits per heavy atom. The summed E-state index contributed by atoms with van der Waals surface area (Å²) in [6, 6.07) is 24.9. The maximum absolute atomic E-state index is 4.91. The lowest BCUT2D eigenvalue weighted by molar-refractivity contribution is 0.405. The summed E-state index contributed by atoms with van der Waals surface area (Å²) in [4.78, 5) is 15.4. The second kappa shape index (κ2) is 11.6. The minimum absolute atomic E-state index is 0.758. The molecule has 0 atom stereocenters. The molecule has 0 fully saturated rings. The molecule has 0 bridgehead atoms. The van der Waals surface area contributed by atoms with Gasteiger partial charge in [-0.15, -0.1) is 0 Å². The van der Waals surface area contributed by atoms with Crippen LogP contribution in [0.3, 0.4) is 0 Å². The molecule has 0 saturated carbocycles. The number of para-hydroxylation sites is 2. The third-order valence-corrected chi connectivity index (χ3v) is 6.04. The summed E-state index contributed by atoms with van der Waals surface area (Å²) in [7, 11) is 4.19. The largest absolute Gasteiger partial charge is 0.369 e. The van der Waals surface area contributed by atoms with E-state index in [0.29, 0.717) is 0 Å². The van der Waals surface area contributed by atoms with Gasteiger partial charge in [-0.05, 0) is 58.1 Å². The van der Waals surface area contributed by atoms with Crippen LogP contribution in [-0.2, 0) is 6.42 Å². The highest BCUT2D eigenvalue weighted by Gasteiger charge is 2.14. The molecule has 2 N–H and O–H groups in total. The van der Waals surface area contributed by atoms with Crippen LogP contribution in [0.25, 0.3) is 33.2 Å². The molecule has 180 valence electrons. The molecule has 0 spiro atoms. The van der Waals surface area contributed by atoms with Gasteiger partial charge in [-0.25, -0.2) is 9.97 Å². The highest BCUT2D eigenvalue weighted by molar-refractivity contribution is 5.98. The zero-order valence-electron chi connectivity index (χ0n) is 21.2. The number of aryl methyl sites for hydroxylation is 2. The molecular weight excluding hydrogens is 430 g/mol. The number of aromatic amines is 1. The van der Waals surface area contributed by atoms with Crippen molar-refractivity contribution in [2.45, 2.75) is 26.7 Å². The Morgan fingerprint density at radius 2 is 1.60 bits per heavy atom. The fourth-order valence-corrected chi connectivity index (χ4v) is 4.17. The second-order valence-corrected chi connectivity index (χ2v) is 9.05. The first-order valence-corrected chi connectivity index (χ1v) is 12.3. The predicted octanol–water partition coefficient (Wildman–Crippen LogP) is 6.70. The van der Waals surface area contributed by atoms with Crippen LogP contribution in [0, 0.1) is 6.92 Å². The Bertz CT molecular complexity index is 1370. The van der Waals surface area contributed by atoms with Gasteiger partial charge in [-0.2, -0.15) is 0 Å². The van der Waals surface area contributed by atoms with Crippen molar-refractivity contribution in [3.63, 3.8) is 0 Å². The molecular formula is C30H35N5. The third kappa shape index (κ3) is 6.06. The maximum Gasteiger partial charge on any atom is 0.164 e. The number of anilines is 1. The molecule has 5 aromatic rings. The van der Waals surface area contributed by atoms with Crippen molar-refractivity contribution < 1.29 is 0 Å². The summed E-state index contributed by atoms with van der Waals surface area (Å²) in [5, 5.41) is 5.76. The fourth-order valence-electron chi connectivity index (χ4n) is 4.17. The van der Waals surface area contributed by atoms with Gasteiger partial charge in [-0.3, -0.25) is 0 Å². The van der Waals surface area contributed by atoms with Gasteiger partial charge in [0.25, 0.3) is 0 Å². The molecule has 3 aromatic carbocycles. The van der Waals surface area contributed by atoms with E-state index in [0.717, 1.165) is 54.0 Å². The number of nitrogens with one attached hydrogen (secondary N) is 2. The zero-order valence-corrected chi connectivity index (χ0v) is 21.2. The van der Waals surface area contributed by atoms with E-state index in [1.807, 2.05) is 36.5 Å². The molecule has 0 aliphatic rings. The van der Waals surface area contributed by atoms with E-state index >= 15 is 0 Å². The van der Waals surface area contributed by atoms with Gasteiger partial charge in [-0.1, -0.05) is 73.2 Å². The van der Waals surface area contributed by atoms with Crippen molar-refractivity contribution in [3.05, 3.63) is 90.1 Å². The zero-order chi connectivity index (χ0) is 24.6. The first kappa shape index (κ1) is 24.4. The Hall–Kier alpha value is -3.70. The van der Waals surface area contributed by atoms with Crippen molar-refractivity contribution in [2.24, 2.45) is 0 Å². The monoisotopic (exact) mass is 465 g/mol. The standard InChI is InChI=1S/C23H27N5.C7H8/c1-4-16-9-7-11-17-19(15-25-21(16)17)23-26-20-12-6-5-10-18(20)22(27-23)24-13-8-14-28(2)3;1-7-5-3-2-4-6-7/h5-7,9-12,15,25H,4,8,13-14H2,1-3H3,(H,24,26,27);2-6H,1H3. The van der Waals surface area contributed by atoms with Gasteiger partial charge in [0.05, 0.1) is 5.52 Å². The van der Waals surface area contributed by atoms with Crippen LogP contribution in [0.15, 0.2) is 79.0 Å². The first-order chi connectivity index (χ1) is 17.1. The maximum atomic E-state index is 4.91. The number of aromatic nitrogens is 3. The van der Waals surface area contributed by atoms with Crippen LogP contribution in [0.4, 0.5) is 5.82 Å². The van der Waals surface area contributed by atoms with Crippen molar-refractivity contribution in [1.29, 1.82) is 0 Å². The first-order valence-electron chi connectivity index (χ1n) is 12.3. The lowest BCUT2D eigenvalue weighted by atomic mass is 10.1. The Labute approximate surface area is 208 Å². The molecule has 0 aliphatic carbocycles. The molecule has 0 unspecified atom stereocenters. The molecule has 0 amide bonds. The summed E-state index contributed by atoms with van der Waals surface area (Å²) in [5.41, 5.74) is 5.82. The predicted molar refractivity (Wildman–Crippen MR) is 149 cm³/mol. The average molecular weight is 466 g/mol. The van der Waals surface area contributed by atoms with E-state index in [1.165, 1.54) is 22.0 Å². The number of hydrogen-bond donors (Lipinski definition) is 2. The van der Waals surface area contributed by atoms with Crippen molar-refractivity contribution in [3.8, 4) is 11.4 Å². The summed E-state index contributed by atoms with van der Waals surface area (Å²) in [6.45, 7) is 6.19. The number of rotatable bonds is 7. The highest BCUT2D eigenvalue weighted by Crippen LogP contribution is 2.31. The van der Waals surface area contributed by atoms with Gasteiger partial charge in [0.15, 0.2) is 5.82 Å². The van der Waals surface area contributed by atoms with E-state index in [1.54, 1.807) is 0 Å². The lowest BCUT2D eigenvalue weighted by Crippen LogP contribution is -2.16. The number of nitrogens with zero attached hydrogens (tertiary/aromatic N) is 3. The van der Waals surface area contributed by atoms with Gasteiger partial charge in [0, 0.05) is 34.6 Å². The van der Waals surface area contributed by atoms with Crippen LogP contribution >= 0.6 is 0 Å². The van der Waals surface area contributed by atoms with Crippen molar-refractivity contribution >= 4 is 27.6 Å². The smallest absolute Gasteiger partial charge is 0.164 e. The van der Waals surface area contributed by atoms with Gasteiger partial charge < -0.3 is 15.2 Å². The van der Waals surface area contributed by atoms with Crippen LogP contribution in [0.1, 0.15) is 24.5 Å². The van der Waals surface area contributed by atoms with Gasteiger partial charge in [0.1, 0.15) is 5.82 Å². The van der Waals surface area contributed by atoms with Gasteiger partial charge >= 0.3 is 0 Å². The molecule has 5 rings (SSSR count). The highest BCUT2D eigenvalue weighted by atomic mass is 15.1. The van der Waals surface area contributed by atoms with E-state index in [2.05, 4.69) is 85.6 Å². The molecule has 5 nitrogen and oxygen atoms in total. The van der Waals surface area contributed by atoms with Crippen molar-refractivity contribution in [1.82, 2.24) is 19.9 Å². The fraction of sp³-hybridized carbons (Fsp3) is 0.267. The summed E-state index contributed by atoms with van der Waals surface area (Å²) in [6.07, 6.45) is 4.09. The molecule has 2 heterocycles. The molecule has 5 heteroatoms. The SMILES string of the molecule is CCc1cccc2c(-c3nc(NCCCN(C)C)c4ccccc4n3)c[nH]c12.Cc1ccccc1. The minimum atomic E-state index is 0.758. The number of benzene rings is 3. The second-order valence-electron chi connectivity index (χ2n) is 9.05. The van der Waals surface area contributed by atoms with Crippen LogP contribution in [0.5, 0.6) is 0 Å². The summed E-state index contributed by atoms with van der Waals surface area (Å²) in [5.74, 6) is 1.66. The summed E-state index contributed by atoms with van der Waals surface area (Å²) < 4.78 is 0. The normalized spacial score (nSPS) is 11.0. The molecule has 0 saturated heterocycles. The van der Waals surface area contributed by atoms with Crippen LogP contribution in [-0.4, -0.2) is 47.0 Å². The van der Waals surface area contributed by atoms with Crippen LogP contribution < -0.4 is 5.32 Å². The molecule has 2 aromatic heterocycles. The molecule has 0 radical (unpaired) electrons. The Balaban J connectivity index is 0.000000356. The number of H-pyrrole nitrogens is 1. The average Bonchev–Trinajstić information content (AvgIpc) is 3.31. The van der Waals surface area contributed by atoms with Gasteiger partial charge in [0.2, 0.25) is 0 Å².